The average molecular weight is 373 g/mol. The van der Waals surface area contributed by atoms with Crippen LogP contribution >= 0.6 is 0 Å². The number of benzene rings is 2. The standard InChI is InChI=1S/C25H27NO2/c1-19-23(13-6-3-9-17-27-21-15-16-21)26-24-14-8-7-12-22(24)25(19)28-18-20-10-4-2-5-11-20/h2,4-8,10-14,21H,3,9,15-18H2,1H3. The molecule has 3 nitrogen and oxygen atoms in total. The Kier molecular flexibility index (Phi) is 6.03. The van der Waals surface area contributed by atoms with Gasteiger partial charge in [0, 0.05) is 17.6 Å². The minimum atomic E-state index is 0.540. The molecule has 1 heterocycles. The van der Waals surface area contributed by atoms with Gasteiger partial charge in [-0.25, -0.2) is 4.98 Å². The lowest BCUT2D eigenvalue weighted by molar-refractivity contribution is 0.118. The Morgan fingerprint density at radius 3 is 2.64 bits per heavy atom. The lowest BCUT2D eigenvalue weighted by Crippen LogP contribution is -2.01. The molecule has 2 aromatic carbocycles. The maximum absolute atomic E-state index is 6.26. The molecule has 3 aromatic rings. The monoisotopic (exact) mass is 373 g/mol. The zero-order valence-electron chi connectivity index (χ0n) is 16.4. The van der Waals surface area contributed by atoms with Crippen molar-refractivity contribution in [2.75, 3.05) is 6.61 Å². The molecule has 144 valence electrons. The first-order valence-corrected chi connectivity index (χ1v) is 10.2. The lowest BCUT2D eigenvalue weighted by atomic mass is 10.1. The first kappa shape index (κ1) is 18.7. The topological polar surface area (TPSA) is 31.4 Å². The highest BCUT2D eigenvalue weighted by Gasteiger charge is 2.21. The molecule has 1 aliphatic carbocycles. The smallest absolute Gasteiger partial charge is 0.134 e. The van der Waals surface area contributed by atoms with Gasteiger partial charge < -0.3 is 9.47 Å². The van der Waals surface area contributed by atoms with E-state index in [1.165, 1.54) is 12.8 Å². The quantitative estimate of drug-likeness (QED) is 0.425. The number of rotatable bonds is 9. The van der Waals surface area contributed by atoms with Crippen LogP contribution in [0.25, 0.3) is 17.0 Å². The molecule has 1 aliphatic rings. The van der Waals surface area contributed by atoms with Crippen LogP contribution in [0, 0.1) is 6.92 Å². The predicted molar refractivity (Wildman–Crippen MR) is 114 cm³/mol. The van der Waals surface area contributed by atoms with Crippen LogP contribution in [-0.2, 0) is 11.3 Å². The molecule has 1 fully saturated rings. The molecule has 0 unspecified atom stereocenters. The second-order valence-electron chi connectivity index (χ2n) is 7.36. The van der Waals surface area contributed by atoms with E-state index in [2.05, 4.69) is 37.3 Å². The van der Waals surface area contributed by atoms with Crippen molar-refractivity contribution in [2.45, 2.75) is 45.3 Å². The van der Waals surface area contributed by atoms with Gasteiger partial charge >= 0.3 is 0 Å². The molecule has 4 rings (SSSR count). The summed E-state index contributed by atoms with van der Waals surface area (Å²) in [6.07, 6.45) is 9.38. The van der Waals surface area contributed by atoms with Crippen LogP contribution in [0.3, 0.4) is 0 Å². The Labute approximate surface area is 167 Å². The Morgan fingerprint density at radius 2 is 1.82 bits per heavy atom. The highest BCUT2D eigenvalue weighted by Crippen LogP contribution is 2.31. The Morgan fingerprint density at radius 1 is 1.04 bits per heavy atom. The molecule has 0 aliphatic heterocycles. The number of unbranched alkanes of at least 4 members (excludes halogenated alkanes) is 1. The van der Waals surface area contributed by atoms with E-state index in [4.69, 9.17) is 14.5 Å². The van der Waals surface area contributed by atoms with E-state index in [-0.39, 0.29) is 0 Å². The molecular formula is C25H27NO2. The molecule has 1 aromatic heterocycles. The highest BCUT2D eigenvalue weighted by atomic mass is 16.5. The Balaban J connectivity index is 1.50. The van der Waals surface area contributed by atoms with E-state index < -0.39 is 0 Å². The van der Waals surface area contributed by atoms with Crippen molar-refractivity contribution in [1.82, 2.24) is 4.98 Å². The van der Waals surface area contributed by atoms with Crippen molar-refractivity contribution < 1.29 is 9.47 Å². The molecule has 0 atom stereocenters. The van der Waals surface area contributed by atoms with E-state index in [0.29, 0.717) is 12.7 Å². The predicted octanol–water partition coefficient (Wildman–Crippen LogP) is 6.09. The summed E-state index contributed by atoms with van der Waals surface area (Å²) in [6, 6.07) is 18.5. The van der Waals surface area contributed by atoms with Gasteiger partial charge in [-0.2, -0.15) is 0 Å². The van der Waals surface area contributed by atoms with E-state index in [1.807, 2.05) is 36.4 Å². The molecular weight excluding hydrogens is 346 g/mol. The number of allylic oxidation sites excluding steroid dienone is 1. The fourth-order valence-corrected chi connectivity index (χ4v) is 3.25. The fourth-order valence-electron chi connectivity index (χ4n) is 3.25. The third kappa shape index (κ3) is 4.79. The number of hydrogen-bond acceptors (Lipinski definition) is 3. The Bertz CT molecular complexity index is 945. The van der Waals surface area contributed by atoms with Gasteiger partial charge in [0.2, 0.25) is 0 Å². The van der Waals surface area contributed by atoms with Crippen LogP contribution in [0.5, 0.6) is 5.75 Å². The van der Waals surface area contributed by atoms with Gasteiger partial charge in [-0.05, 0) is 56.4 Å². The summed E-state index contributed by atoms with van der Waals surface area (Å²) in [5.74, 6) is 0.922. The maximum atomic E-state index is 6.26. The molecule has 28 heavy (non-hydrogen) atoms. The van der Waals surface area contributed by atoms with Gasteiger partial charge in [0.25, 0.3) is 0 Å². The van der Waals surface area contributed by atoms with Gasteiger partial charge in [0.15, 0.2) is 0 Å². The molecule has 0 radical (unpaired) electrons. The van der Waals surface area contributed by atoms with Crippen LogP contribution < -0.4 is 4.74 Å². The average Bonchev–Trinajstić information content (AvgIpc) is 3.55. The Hall–Kier alpha value is -2.65. The first-order valence-electron chi connectivity index (χ1n) is 10.2. The number of aromatic nitrogens is 1. The third-order valence-electron chi connectivity index (χ3n) is 5.01. The van der Waals surface area contributed by atoms with Gasteiger partial charge in [0.05, 0.1) is 17.3 Å². The maximum Gasteiger partial charge on any atom is 0.134 e. The summed E-state index contributed by atoms with van der Waals surface area (Å²) in [6.45, 7) is 3.50. The largest absolute Gasteiger partial charge is 0.488 e. The number of nitrogens with zero attached hydrogens (tertiary/aromatic N) is 1. The summed E-state index contributed by atoms with van der Waals surface area (Å²) in [5.41, 5.74) is 4.19. The van der Waals surface area contributed by atoms with Crippen molar-refractivity contribution in [2.24, 2.45) is 0 Å². The van der Waals surface area contributed by atoms with Gasteiger partial charge in [-0.15, -0.1) is 0 Å². The molecule has 0 N–H and O–H groups in total. The van der Waals surface area contributed by atoms with E-state index in [1.54, 1.807) is 0 Å². The third-order valence-corrected chi connectivity index (χ3v) is 5.01. The molecule has 3 heteroatoms. The lowest BCUT2D eigenvalue weighted by Gasteiger charge is -2.14. The SMILES string of the molecule is Cc1c(C=CCCCOC2CC2)nc2ccccc2c1OCc1ccccc1. The second kappa shape index (κ2) is 9.03. The number of ether oxygens (including phenoxy) is 2. The van der Waals surface area contributed by atoms with E-state index >= 15 is 0 Å². The van der Waals surface area contributed by atoms with E-state index in [0.717, 1.165) is 52.9 Å². The summed E-state index contributed by atoms with van der Waals surface area (Å²) in [7, 11) is 0. The summed E-state index contributed by atoms with van der Waals surface area (Å²) in [5, 5.41) is 1.06. The molecule has 1 saturated carbocycles. The summed E-state index contributed by atoms with van der Waals surface area (Å²) in [4.78, 5) is 4.85. The molecule has 0 saturated heterocycles. The summed E-state index contributed by atoms with van der Waals surface area (Å²) < 4.78 is 12.0. The number of para-hydroxylation sites is 1. The van der Waals surface area contributed by atoms with Crippen molar-refractivity contribution in [3.8, 4) is 5.75 Å². The summed E-state index contributed by atoms with van der Waals surface area (Å²) >= 11 is 0. The zero-order chi connectivity index (χ0) is 19.2. The van der Waals surface area contributed by atoms with Gasteiger partial charge in [0.1, 0.15) is 12.4 Å². The minimum Gasteiger partial charge on any atom is -0.488 e. The zero-order valence-corrected chi connectivity index (χ0v) is 16.4. The minimum absolute atomic E-state index is 0.540. The van der Waals surface area contributed by atoms with Crippen molar-refractivity contribution in [3.63, 3.8) is 0 Å². The first-order chi connectivity index (χ1) is 13.8. The number of fused-ring (bicyclic) bond motifs is 1. The number of pyridine rings is 1. The van der Waals surface area contributed by atoms with Crippen molar-refractivity contribution in [3.05, 3.63) is 77.5 Å². The van der Waals surface area contributed by atoms with Crippen LogP contribution in [0.4, 0.5) is 0 Å². The molecule has 0 spiro atoms. The second-order valence-corrected chi connectivity index (χ2v) is 7.36. The van der Waals surface area contributed by atoms with Crippen LogP contribution in [0.15, 0.2) is 60.7 Å². The van der Waals surface area contributed by atoms with Gasteiger partial charge in [-0.1, -0.05) is 48.5 Å². The van der Waals surface area contributed by atoms with Crippen LogP contribution in [0.1, 0.15) is 42.5 Å². The van der Waals surface area contributed by atoms with E-state index in [9.17, 15) is 0 Å². The highest BCUT2D eigenvalue weighted by molar-refractivity contribution is 5.88. The fraction of sp³-hybridized carbons (Fsp3) is 0.320. The van der Waals surface area contributed by atoms with Gasteiger partial charge in [-0.3, -0.25) is 0 Å². The van der Waals surface area contributed by atoms with Crippen molar-refractivity contribution >= 4 is 17.0 Å². The molecule has 0 bridgehead atoms. The normalized spacial score (nSPS) is 14.0. The molecule has 0 amide bonds. The van der Waals surface area contributed by atoms with Crippen LogP contribution in [0.2, 0.25) is 0 Å². The van der Waals surface area contributed by atoms with Crippen molar-refractivity contribution in [1.29, 1.82) is 0 Å². The number of hydrogen-bond donors (Lipinski definition) is 0. The van der Waals surface area contributed by atoms with Crippen LogP contribution in [-0.4, -0.2) is 17.7 Å².